The normalized spacial score (nSPS) is 11.9. The average Bonchev–Trinajstić information content (AvgIpc) is 2.45. The Kier molecular flexibility index (Phi) is 4.30. The molecule has 1 unspecified atom stereocenters. The topological polar surface area (TPSA) is 75.1 Å². The van der Waals surface area contributed by atoms with Crippen LogP contribution in [0.3, 0.4) is 0 Å². The van der Waals surface area contributed by atoms with E-state index in [2.05, 4.69) is 15.3 Å². The molecule has 0 aliphatic heterocycles. The van der Waals surface area contributed by atoms with Gasteiger partial charge in [0, 0.05) is 6.20 Å². The number of rotatable bonds is 4. The molecule has 0 bridgehead atoms. The average molecular weight is 271 g/mol. The van der Waals surface area contributed by atoms with E-state index in [4.69, 9.17) is 0 Å². The van der Waals surface area contributed by atoms with E-state index in [1.807, 2.05) is 26.0 Å². The van der Waals surface area contributed by atoms with Crippen molar-refractivity contribution in [3.8, 4) is 5.75 Å². The molecule has 0 aliphatic carbocycles. The van der Waals surface area contributed by atoms with Gasteiger partial charge in [-0.2, -0.15) is 0 Å². The van der Waals surface area contributed by atoms with Crippen molar-refractivity contribution in [3.63, 3.8) is 0 Å². The molecule has 20 heavy (non-hydrogen) atoms. The molecule has 0 aromatic carbocycles. The van der Waals surface area contributed by atoms with Crippen LogP contribution in [0.15, 0.2) is 36.7 Å². The van der Waals surface area contributed by atoms with Gasteiger partial charge in [-0.3, -0.25) is 9.78 Å². The molecule has 0 aliphatic rings. The second-order valence-corrected chi connectivity index (χ2v) is 4.59. The molecule has 0 spiro atoms. The Balaban J connectivity index is 2.14. The quantitative estimate of drug-likeness (QED) is 0.895. The Morgan fingerprint density at radius 2 is 2.15 bits per heavy atom. The van der Waals surface area contributed by atoms with Crippen molar-refractivity contribution in [2.45, 2.75) is 26.3 Å². The van der Waals surface area contributed by atoms with Gasteiger partial charge in [0.05, 0.1) is 17.9 Å². The Morgan fingerprint density at radius 3 is 2.75 bits per heavy atom. The van der Waals surface area contributed by atoms with Crippen LogP contribution in [-0.4, -0.2) is 21.0 Å². The van der Waals surface area contributed by atoms with Gasteiger partial charge in [0.2, 0.25) is 0 Å². The fourth-order valence-electron chi connectivity index (χ4n) is 1.89. The number of aromatic nitrogens is 2. The van der Waals surface area contributed by atoms with Crippen molar-refractivity contribution in [2.75, 3.05) is 0 Å². The highest BCUT2D eigenvalue weighted by atomic mass is 16.3. The zero-order valence-corrected chi connectivity index (χ0v) is 11.5. The van der Waals surface area contributed by atoms with E-state index in [0.717, 1.165) is 17.7 Å². The SMILES string of the molecule is CCC(NC(=O)c1ccc(O)cn1)c1cc(C)ccn1. The molecular weight excluding hydrogens is 254 g/mol. The summed E-state index contributed by atoms with van der Waals surface area (Å²) in [6.07, 6.45) is 3.72. The Hall–Kier alpha value is -2.43. The first-order valence-corrected chi connectivity index (χ1v) is 6.48. The number of pyridine rings is 2. The second-order valence-electron chi connectivity index (χ2n) is 4.59. The van der Waals surface area contributed by atoms with Crippen LogP contribution in [0, 0.1) is 6.92 Å². The van der Waals surface area contributed by atoms with Crippen LogP contribution in [0.4, 0.5) is 0 Å². The van der Waals surface area contributed by atoms with Crippen molar-refractivity contribution in [3.05, 3.63) is 53.6 Å². The maximum absolute atomic E-state index is 12.1. The maximum atomic E-state index is 12.1. The molecule has 2 aromatic heterocycles. The van der Waals surface area contributed by atoms with Crippen LogP contribution in [0.25, 0.3) is 0 Å². The number of hydrogen-bond acceptors (Lipinski definition) is 4. The molecular formula is C15H17N3O2. The third kappa shape index (κ3) is 3.32. The summed E-state index contributed by atoms with van der Waals surface area (Å²) in [5.41, 5.74) is 2.21. The molecule has 1 atom stereocenters. The van der Waals surface area contributed by atoms with E-state index in [9.17, 15) is 9.90 Å². The Bertz CT molecular complexity index is 596. The van der Waals surface area contributed by atoms with Gasteiger partial charge in [-0.25, -0.2) is 4.98 Å². The standard InChI is InChI=1S/C15H17N3O2/c1-3-12(14-8-10(2)6-7-16-14)18-15(20)13-5-4-11(19)9-17-13/h4-9,12,19H,3H2,1-2H3,(H,18,20). The molecule has 2 heterocycles. The fraction of sp³-hybridized carbons (Fsp3) is 0.267. The largest absolute Gasteiger partial charge is 0.506 e. The highest BCUT2D eigenvalue weighted by Gasteiger charge is 2.16. The highest BCUT2D eigenvalue weighted by molar-refractivity contribution is 5.92. The minimum atomic E-state index is -0.278. The van der Waals surface area contributed by atoms with Crippen LogP contribution < -0.4 is 5.32 Å². The summed E-state index contributed by atoms with van der Waals surface area (Å²) in [5, 5.41) is 12.1. The van der Waals surface area contributed by atoms with Crippen molar-refractivity contribution < 1.29 is 9.90 Å². The third-order valence-corrected chi connectivity index (χ3v) is 2.99. The summed E-state index contributed by atoms with van der Waals surface area (Å²) in [6.45, 7) is 3.97. The molecule has 0 fully saturated rings. The molecule has 5 heteroatoms. The van der Waals surface area contributed by atoms with Crippen LogP contribution in [0.5, 0.6) is 5.75 Å². The van der Waals surface area contributed by atoms with Crippen LogP contribution in [-0.2, 0) is 0 Å². The summed E-state index contributed by atoms with van der Waals surface area (Å²) in [7, 11) is 0. The lowest BCUT2D eigenvalue weighted by Gasteiger charge is -2.16. The number of nitrogens with zero attached hydrogens (tertiary/aromatic N) is 2. The smallest absolute Gasteiger partial charge is 0.270 e. The number of carbonyl (C=O) groups is 1. The zero-order valence-electron chi connectivity index (χ0n) is 11.5. The summed E-state index contributed by atoms with van der Waals surface area (Å²) >= 11 is 0. The van der Waals surface area contributed by atoms with Gasteiger partial charge >= 0.3 is 0 Å². The highest BCUT2D eigenvalue weighted by Crippen LogP contribution is 2.16. The van der Waals surface area contributed by atoms with Gasteiger partial charge in [-0.1, -0.05) is 6.92 Å². The van der Waals surface area contributed by atoms with Crippen molar-refractivity contribution in [1.29, 1.82) is 0 Å². The van der Waals surface area contributed by atoms with E-state index >= 15 is 0 Å². The molecule has 2 N–H and O–H groups in total. The molecule has 0 radical (unpaired) electrons. The number of aryl methyl sites for hydroxylation is 1. The van der Waals surface area contributed by atoms with Crippen LogP contribution in [0.1, 0.15) is 41.1 Å². The lowest BCUT2D eigenvalue weighted by Crippen LogP contribution is -2.29. The molecule has 0 saturated heterocycles. The van der Waals surface area contributed by atoms with Crippen LogP contribution in [0.2, 0.25) is 0 Å². The summed E-state index contributed by atoms with van der Waals surface area (Å²) in [5.74, 6) is -0.242. The molecule has 2 rings (SSSR count). The van der Waals surface area contributed by atoms with Crippen molar-refractivity contribution in [1.82, 2.24) is 15.3 Å². The maximum Gasteiger partial charge on any atom is 0.270 e. The van der Waals surface area contributed by atoms with Crippen LogP contribution >= 0.6 is 0 Å². The van der Waals surface area contributed by atoms with Gasteiger partial charge in [-0.05, 0) is 43.2 Å². The first-order valence-electron chi connectivity index (χ1n) is 6.48. The molecule has 5 nitrogen and oxygen atoms in total. The summed E-state index contributed by atoms with van der Waals surface area (Å²) in [4.78, 5) is 20.3. The van der Waals surface area contributed by atoms with Gasteiger partial charge < -0.3 is 10.4 Å². The third-order valence-electron chi connectivity index (χ3n) is 2.99. The van der Waals surface area contributed by atoms with E-state index in [-0.39, 0.29) is 23.4 Å². The van der Waals surface area contributed by atoms with Crippen molar-refractivity contribution in [2.24, 2.45) is 0 Å². The number of carbonyl (C=O) groups excluding carboxylic acids is 1. The number of amides is 1. The summed E-state index contributed by atoms with van der Waals surface area (Å²) < 4.78 is 0. The van der Waals surface area contributed by atoms with E-state index < -0.39 is 0 Å². The number of aromatic hydroxyl groups is 1. The molecule has 0 saturated carbocycles. The van der Waals surface area contributed by atoms with Gasteiger partial charge in [-0.15, -0.1) is 0 Å². The zero-order chi connectivity index (χ0) is 14.5. The lowest BCUT2D eigenvalue weighted by molar-refractivity contribution is 0.0929. The molecule has 1 amide bonds. The monoisotopic (exact) mass is 271 g/mol. The number of nitrogens with one attached hydrogen (secondary N) is 1. The Morgan fingerprint density at radius 1 is 1.35 bits per heavy atom. The van der Waals surface area contributed by atoms with E-state index in [1.165, 1.54) is 18.3 Å². The van der Waals surface area contributed by atoms with Gasteiger partial charge in [0.1, 0.15) is 11.4 Å². The van der Waals surface area contributed by atoms with E-state index in [0.29, 0.717) is 0 Å². The Labute approximate surface area is 117 Å². The first-order chi connectivity index (χ1) is 9.60. The predicted octanol–water partition coefficient (Wildman–Crippen LogP) is 2.37. The molecule has 104 valence electrons. The second kappa shape index (κ2) is 6.14. The number of hydrogen-bond donors (Lipinski definition) is 2. The minimum absolute atomic E-state index is 0.0361. The fourth-order valence-corrected chi connectivity index (χ4v) is 1.89. The first kappa shape index (κ1) is 14.0. The van der Waals surface area contributed by atoms with Gasteiger partial charge in [0.25, 0.3) is 5.91 Å². The molecule has 2 aromatic rings. The lowest BCUT2D eigenvalue weighted by atomic mass is 10.1. The minimum Gasteiger partial charge on any atom is -0.506 e. The predicted molar refractivity (Wildman–Crippen MR) is 75.4 cm³/mol. The summed E-state index contributed by atoms with van der Waals surface area (Å²) in [6, 6.07) is 6.64. The van der Waals surface area contributed by atoms with E-state index in [1.54, 1.807) is 6.20 Å². The van der Waals surface area contributed by atoms with Crippen molar-refractivity contribution >= 4 is 5.91 Å². The van der Waals surface area contributed by atoms with Gasteiger partial charge in [0.15, 0.2) is 0 Å².